The number of nitrogens with one attached hydrogen (secondary N) is 3. The van der Waals surface area contributed by atoms with Crippen LogP contribution in [0.5, 0.6) is 0 Å². The summed E-state index contributed by atoms with van der Waals surface area (Å²) >= 11 is 0. The van der Waals surface area contributed by atoms with E-state index in [1.807, 2.05) is 13.0 Å². The van der Waals surface area contributed by atoms with Gasteiger partial charge in [-0.3, -0.25) is 20.4 Å². The number of carbonyl (C=O) groups is 2. The lowest BCUT2D eigenvalue weighted by atomic mass is 10.0. The maximum Gasteiger partial charge on any atom is 0.303 e. The molecule has 0 fully saturated rings. The van der Waals surface area contributed by atoms with Crippen LogP contribution < -0.4 is 16.2 Å². The van der Waals surface area contributed by atoms with E-state index < -0.39 is 5.97 Å². The lowest BCUT2D eigenvalue weighted by Gasteiger charge is -2.11. The van der Waals surface area contributed by atoms with Crippen molar-refractivity contribution in [3.8, 4) is 0 Å². The fourth-order valence-corrected chi connectivity index (χ4v) is 1.68. The number of carboxylic acid groups (broad SMARTS) is 1. The van der Waals surface area contributed by atoms with Crippen molar-refractivity contribution < 1.29 is 14.7 Å². The van der Waals surface area contributed by atoms with Gasteiger partial charge in [-0.25, -0.2) is 4.98 Å². The van der Waals surface area contributed by atoms with Crippen LogP contribution >= 0.6 is 0 Å². The number of carbonyl (C=O) groups excluding carboxylic acids is 1. The smallest absolute Gasteiger partial charge is 0.303 e. The SMILES string of the molecule is CC(CCNCC(=O)NNc1ccccn1)CCC(=O)O. The van der Waals surface area contributed by atoms with Crippen LogP contribution in [0.1, 0.15) is 26.2 Å². The van der Waals surface area contributed by atoms with Crippen molar-refractivity contribution in [1.82, 2.24) is 15.7 Å². The molecule has 4 N–H and O–H groups in total. The monoisotopic (exact) mass is 294 g/mol. The van der Waals surface area contributed by atoms with Gasteiger partial charge in [0.05, 0.1) is 6.54 Å². The molecule has 0 aliphatic rings. The van der Waals surface area contributed by atoms with Gasteiger partial charge in [0.1, 0.15) is 5.82 Å². The highest BCUT2D eigenvalue weighted by atomic mass is 16.4. The fraction of sp³-hybridized carbons (Fsp3) is 0.500. The first-order valence-corrected chi connectivity index (χ1v) is 6.96. The second kappa shape index (κ2) is 9.71. The van der Waals surface area contributed by atoms with Gasteiger partial charge in [0.25, 0.3) is 5.91 Å². The largest absolute Gasteiger partial charge is 0.481 e. The van der Waals surface area contributed by atoms with Gasteiger partial charge in [-0.1, -0.05) is 13.0 Å². The molecule has 0 aliphatic heterocycles. The van der Waals surface area contributed by atoms with Gasteiger partial charge in [0, 0.05) is 12.6 Å². The fourth-order valence-electron chi connectivity index (χ4n) is 1.68. The average molecular weight is 294 g/mol. The third-order valence-electron chi connectivity index (χ3n) is 2.95. The van der Waals surface area contributed by atoms with Crippen molar-refractivity contribution in [2.45, 2.75) is 26.2 Å². The first-order valence-electron chi connectivity index (χ1n) is 6.96. The summed E-state index contributed by atoms with van der Waals surface area (Å²) in [5.41, 5.74) is 5.25. The number of pyridine rings is 1. The summed E-state index contributed by atoms with van der Waals surface area (Å²) in [6.07, 6.45) is 3.32. The first kappa shape index (κ1) is 16.9. The van der Waals surface area contributed by atoms with Crippen molar-refractivity contribution in [2.75, 3.05) is 18.5 Å². The van der Waals surface area contributed by atoms with Crippen LogP contribution in [0, 0.1) is 5.92 Å². The Hall–Kier alpha value is -2.15. The first-order chi connectivity index (χ1) is 10.1. The molecule has 1 aromatic heterocycles. The standard InChI is InChI=1S/C14H22N4O3/c1-11(5-6-14(20)21)7-9-15-10-13(19)18-17-12-4-2-3-8-16-12/h2-4,8,11,15H,5-7,9-10H2,1H3,(H,16,17)(H,18,19)(H,20,21). The van der Waals surface area contributed by atoms with Gasteiger partial charge in [0.2, 0.25) is 0 Å². The number of nitrogens with zero attached hydrogens (tertiary/aromatic N) is 1. The van der Waals surface area contributed by atoms with E-state index in [0.717, 1.165) is 6.42 Å². The van der Waals surface area contributed by atoms with Crippen molar-refractivity contribution >= 4 is 17.7 Å². The number of carboxylic acids is 1. The molecule has 21 heavy (non-hydrogen) atoms. The predicted octanol–water partition coefficient (Wildman–Crippen LogP) is 1.01. The highest BCUT2D eigenvalue weighted by Gasteiger charge is 2.06. The third-order valence-corrected chi connectivity index (χ3v) is 2.95. The van der Waals surface area contributed by atoms with Crippen molar-refractivity contribution in [1.29, 1.82) is 0 Å². The Bertz CT molecular complexity index is 439. The molecule has 116 valence electrons. The van der Waals surface area contributed by atoms with Crippen molar-refractivity contribution in [3.05, 3.63) is 24.4 Å². The highest BCUT2D eigenvalue weighted by molar-refractivity contribution is 5.79. The number of hydrazine groups is 1. The van der Waals surface area contributed by atoms with E-state index in [9.17, 15) is 9.59 Å². The zero-order valence-electron chi connectivity index (χ0n) is 12.1. The summed E-state index contributed by atoms with van der Waals surface area (Å²) in [7, 11) is 0. The van der Waals surface area contributed by atoms with Crippen LogP contribution in [0.25, 0.3) is 0 Å². The van der Waals surface area contributed by atoms with E-state index >= 15 is 0 Å². The summed E-state index contributed by atoms with van der Waals surface area (Å²) < 4.78 is 0. The topological polar surface area (TPSA) is 103 Å². The van der Waals surface area contributed by atoms with Crippen LogP contribution in [0.15, 0.2) is 24.4 Å². The number of aromatic nitrogens is 1. The number of hydrogen-bond donors (Lipinski definition) is 4. The highest BCUT2D eigenvalue weighted by Crippen LogP contribution is 2.08. The molecule has 0 aliphatic carbocycles. The summed E-state index contributed by atoms with van der Waals surface area (Å²) in [6.45, 7) is 2.89. The minimum atomic E-state index is -0.769. The van der Waals surface area contributed by atoms with E-state index in [1.165, 1.54) is 0 Å². The maximum absolute atomic E-state index is 11.5. The molecule has 0 bridgehead atoms. The molecule has 0 radical (unpaired) electrons. The zero-order valence-corrected chi connectivity index (χ0v) is 12.1. The Morgan fingerprint density at radius 2 is 2.14 bits per heavy atom. The van der Waals surface area contributed by atoms with Gasteiger partial charge >= 0.3 is 5.97 Å². The Kier molecular flexibility index (Phi) is 7.81. The minimum absolute atomic E-state index is 0.182. The van der Waals surface area contributed by atoms with Gasteiger partial charge in [0.15, 0.2) is 0 Å². The molecule has 7 nitrogen and oxygen atoms in total. The molecule has 1 unspecified atom stereocenters. The lowest BCUT2D eigenvalue weighted by molar-refractivity contribution is -0.137. The minimum Gasteiger partial charge on any atom is -0.481 e. The summed E-state index contributed by atoms with van der Waals surface area (Å²) in [5.74, 6) is -0.0509. The molecular weight excluding hydrogens is 272 g/mol. The second-order valence-electron chi connectivity index (χ2n) is 4.89. The normalized spacial score (nSPS) is 11.7. The Labute approximate surface area is 124 Å². The molecule has 1 heterocycles. The predicted molar refractivity (Wildman–Crippen MR) is 79.5 cm³/mol. The van der Waals surface area contributed by atoms with E-state index in [0.29, 0.717) is 24.7 Å². The van der Waals surface area contributed by atoms with Crippen molar-refractivity contribution in [2.24, 2.45) is 5.92 Å². The number of anilines is 1. The maximum atomic E-state index is 11.5. The Morgan fingerprint density at radius 1 is 1.33 bits per heavy atom. The van der Waals surface area contributed by atoms with Gasteiger partial charge < -0.3 is 10.4 Å². The molecule has 1 amide bonds. The molecular formula is C14H22N4O3. The molecule has 1 rings (SSSR count). The van der Waals surface area contributed by atoms with Crippen LogP contribution in [0.4, 0.5) is 5.82 Å². The van der Waals surface area contributed by atoms with Crippen molar-refractivity contribution in [3.63, 3.8) is 0 Å². The molecule has 7 heteroatoms. The number of amides is 1. The average Bonchev–Trinajstić information content (AvgIpc) is 2.48. The molecule has 0 spiro atoms. The Morgan fingerprint density at radius 3 is 2.81 bits per heavy atom. The molecule has 1 aromatic rings. The molecule has 1 atom stereocenters. The number of hydrogen-bond acceptors (Lipinski definition) is 5. The quantitative estimate of drug-likeness (QED) is 0.379. The number of aliphatic carboxylic acids is 1. The van der Waals surface area contributed by atoms with Crippen LogP contribution in [0.3, 0.4) is 0 Å². The van der Waals surface area contributed by atoms with E-state index in [1.54, 1.807) is 18.3 Å². The summed E-state index contributed by atoms with van der Waals surface area (Å²) in [4.78, 5) is 26.0. The van der Waals surface area contributed by atoms with Gasteiger partial charge in [-0.05, 0) is 37.4 Å². The van der Waals surface area contributed by atoms with Crippen LogP contribution in [0.2, 0.25) is 0 Å². The molecule has 0 aromatic carbocycles. The van der Waals surface area contributed by atoms with E-state index in [2.05, 4.69) is 21.2 Å². The van der Waals surface area contributed by atoms with E-state index in [4.69, 9.17) is 5.11 Å². The van der Waals surface area contributed by atoms with Gasteiger partial charge in [-0.2, -0.15) is 0 Å². The second-order valence-corrected chi connectivity index (χ2v) is 4.89. The third kappa shape index (κ3) is 8.59. The van der Waals surface area contributed by atoms with Crippen LogP contribution in [-0.4, -0.2) is 35.1 Å². The summed E-state index contributed by atoms with van der Waals surface area (Å²) in [5, 5.41) is 11.6. The van der Waals surface area contributed by atoms with E-state index in [-0.39, 0.29) is 18.9 Å². The molecule has 0 saturated heterocycles. The number of rotatable bonds is 10. The zero-order chi connectivity index (χ0) is 15.5. The Balaban J connectivity index is 2.04. The van der Waals surface area contributed by atoms with Crippen LogP contribution in [-0.2, 0) is 9.59 Å². The van der Waals surface area contributed by atoms with Gasteiger partial charge in [-0.15, -0.1) is 0 Å². The summed E-state index contributed by atoms with van der Waals surface area (Å²) in [6, 6.07) is 5.36. The molecule has 0 saturated carbocycles. The lowest BCUT2D eigenvalue weighted by Crippen LogP contribution is -2.38.